The standard InChI is InChI=1S/C17H14FNO2/c18-13-7-6-12-8-15(11-4-2-1-3-5-11)19-16(14(12)9-13)10-21-17(19)20/h1-7,9,15-16H,8,10H2/t15-,16+/m0/s1. The van der Waals surface area contributed by atoms with Crippen molar-refractivity contribution in [2.45, 2.75) is 18.5 Å². The number of amides is 1. The highest BCUT2D eigenvalue weighted by atomic mass is 19.1. The van der Waals surface area contributed by atoms with E-state index in [-0.39, 0.29) is 24.0 Å². The van der Waals surface area contributed by atoms with Gasteiger partial charge in [-0.1, -0.05) is 36.4 Å². The average molecular weight is 283 g/mol. The van der Waals surface area contributed by atoms with Crippen molar-refractivity contribution in [1.82, 2.24) is 4.90 Å². The van der Waals surface area contributed by atoms with Crippen LogP contribution in [0.1, 0.15) is 28.8 Å². The van der Waals surface area contributed by atoms with Crippen molar-refractivity contribution < 1.29 is 13.9 Å². The molecule has 4 rings (SSSR count). The third-order valence-electron chi connectivity index (χ3n) is 4.31. The molecular weight excluding hydrogens is 269 g/mol. The maximum atomic E-state index is 13.5. The molecule has 2 aliphatic heterocycles. The fourth-order valence-electron chi connectivity index (χ4n) is 3.34. The van der Waals surface area contributed by atoms with E-state index in [0.717, 1.165) is 16.7 Å². The second kappa shape index (κ2) is 4.58. The van der Waals surface area contributed by atoms with E-state index in [1.54, 1.807) is 4.90 Å². The summed E-state index contributed by atoms with van der Waals surface area (Å²) in [7, 11) is 0. The molecule has 2 aromatic carbocycles. The van der Waals surface area contributed by atoms with Gasteiger partial charge in [-0.3, -0.25) is 4.90 Å². The molecule has 4 heteroatoms. The van der Waals surface area contributed by atoms with E-state index >= 15 is 0 Å². The van der Waals surface area contributed by atoms with Gasteiger partial charge in [0.1, 0.15) is 12.4 Å². The van der Waals surface area contributed by atoms with Gasteiger partial charge in [0.2, 0.25) is 0 Å². The van der Waals surface area contributed by atoms with E-state index in [0.29, 0.717) is 13.0 Å². The molecule has 2 aliphatic rings. The van der Waals surface area contributed by atoms with Crippen LogP contribution in [-0.4, -0.2) is 17.6 Å². The Labute approximate surface area is 122 Å². The molecule has 2 atom stereocenters. The fraction of sp³-hybridized carbons (Fsp3) is 0.235. The van der Waals surface area contributed by atoms with Crippen molar-refractivity contribution in [2.24, 2.45) is 0 Å². The van der Waals surface area contributed by atoms with Gasteiger partial charge < -0.3 is 4.74 Å². The zero-order valence-electron chi connectivity index (χ0n) is 11.3. The Balaban J connectivity index is 1.83. The summed E-state index contributed by atoms with van der Waals surface area (Å²) in [5.41, 5.74) is 3.04. The SMILES string of the molecule is O=C1OC[C@@H]2c3cc(F)ccc3C[C@@H](c3ccccc3)N12. The van der Waals surface area contributed by atoms with Crippen LogP contribution in [0.15, 0.2) is 48.5 Å². The van der Waals surface area contributed by atoms with E-state index in [4.69, 9.17) is 4.74 Å². The lowest BCUT2D eigenvalue weighted by molar-refractivity contribution is 0.140. The average Bonchev–Trinajstić information content (AvgIpc) is 2.90. The molecular formula is C17H14FNO2. The number of rotatable bonds is 1. The topological polar surface area (TPSA) is 29.5 Å². The minimum absolute atomic E-state index is 0.0517. The van der Waals surface area contributed by atoms with E-state index in [2.05, 4.69) is 0 Å². The number of nitrogens with zero attached hydrogens (tertiary/aromatic N) is 1. The molecule has 3 nitrogen and oxygen atoms in total. The van der Waals surface area contributed by atoms with Gasteiger partial charge in [0, 0.05) is 0 Å². The van der Waals surface area contributed by atoms with Crippen LogP contribution in [0, 0.1) is 5.82 Å². The van der Waals surface area contributed by atoms with Crippen LogP contribution in [0.25, 0.3) is 0 Å². The highest BCUT2D eigenvalue weighted by Gasteiger charge is 2.44. The van der Waals surface area contributed by atoms with Crippen molar-refractivity contribution in [3.63, 3.8) is 0 Å². The van der Waals surface area contributed by atoms with Crippen LogP contribution in [0.3, 0.4) is 0 Å². The molecule has 1 saturated heterocycles. The first-order valence-corrected chi connectivity index (χ1v) is 7.02. The van der Waals surface area contributed by atoms with Crippen molar-refractivity contribution >= 4 is 6.09 Å². The predicted octanol–water partition coefficient (Wildman–Crippen LogP) is 3.62. The molecule has 1 fully saturated rings. The van der Waals surface area contributed by atoms with Crippen LogP contribution in [0.2, 0.25) is 0 Å². The van der Waals surface area contributed by atoms with Gasteiger partial charge in [-0.05, 0) is 35.2 Å². The number of ether oxygens (including phenoxy) is 1. The zero-order valence-corrected chi connectivity index (χ0v) is 11.3. The van der Waals surface area contributed by atoms with Gasteiger partial charge in [0.25, 0.3) is 0 Å². The summed E-state index contributed by atoms with van der Waals surface area (Å²) in [6.45, 7) is 0.290. The summed E-state index contributed by atoms with van der Waals surface area (Å²) < 4.78 is 18.7. The van der Waals surface area contributed by atoms with Crippen LogP contribution in [0.5, 0.6) is 0 Å². The lowest BCUT2D eigenvalue weighted by atomic mass is 9.86. The summed E-state index contributed by atoms with van der Waals surface area (Å²) in [5.74, 6) is -0.272. The van der Waals surface area contributed by atoms with Crippen molar-refractivity contribution in [2.75, 3.05) is 6.61 Å². The summed E-state index contributed by atoms with van der Waals surface area (Å²) in [6.07, 6.45) is 0.370. The first kappa shape index (κ1) is 12.4. The minimum Gasteiger partial charge on any atom is -0.447 e. The molecule has 106 valence electrons. The maximum absolute atomic E-state index is 13.5. The van der Waals surface area contributed by atoms with Crippen molar-refractivity contribution in [3.8, 4) is 0 Å². The molecule has 2 aromatic rings. The number of fused-ring (bicyclic) bond motifs is 3. The number of halogens is 1. The highest BCUT2D eigenvalue weighted by Crippen LogP contribution is 2.43. The number of hydrogen-bond acceptors (Lipinski definition) is 2. The minimum atomic E-state index is -0.316. The van der Waals surface area contributed by atoms with Gasteiger partial charge in [-0.25, -0.2) is 9.18 Å². The quantitative estimate of drug-likeness (QED) is 0.800. The molecule has 0 saturated carbocycles. The zero-order chi connectivity index (χ0) is 14.4. The number of carbonyl (C=O) groups is 1. The summed E-state index contributed by atoms with van der Waals surface area (Å²) >= 11 is 0. The van der Waals surface area contributed by atoms with E-state index in [1.165, 1.54) is 12.1 Å². The normalized spacial score (nSPS) is 23.5. The van der Waals surface area contributed by atoms with Gasteiger partial charge in [-0.2, -0.15) is 0 Å². The van der Waals surface area contributed by atoms with Crippen LogP contribution >= 0.6 is 0 Å². The lowest BCUT2D eigenvalue weighted by Gasteiger charge is -2.37. The summed E-state index contributed by atoms with van der Waals surface area (Å²) in [6, 6.07) is 14.5. The number of benzene rings is 2. The molecule has 2 heterocycles. The molecule has 1 amide bonds. The summed E-state index contributed by atoms with van der Waals surface area (Å²) in [5, 5.41) is 0. The van der Waals surface area contributed by atoms with Gasteiger partial charge in [0.15, 0.2) is 0 Å². The van der Waals surface area contributed by atoms with E-state index in [9.17, 15) is 9.18 Å². The Hall–Kier alpha value is -2.36. The molecule has 0 spiro atoms. The Bertz CT molecular complexity index is 701. The van der Waals surface area contributed by atoms with Crippen LogP contribution < -0.4 is 0 Å². The Morgan fingerprint density at radius 1 is 1.10 bits per heavy atom. The van der Waals surface area contributed by atoms with Crippen LogP contribution in [0.4, 0.5) is 9.18 Å². The lowest BCUT2D eigenvalue weighted by Crippen LogP contribution is -2.37. The first-order chi connectivity index (χ1) is 10.2. The van der Waals surface area contributed by atoms with Gasteiger partial charge >= 0.3 is 6.09 Å². The molecule has 0 radical (unpaired) electrons. The van der Waals surface area contributed by atoms with Crippen molar-refractivity contribution in [1.29, 1.82) is 0 Å². The number of hydrogen-bond donors (Lipinski definition) is 0. The van der Waals surface area contributed by atoms with Gasteiger partial charge in [0.05, 0.1) is 12.1 Å². The smallest absolute Gasteiger partial charge is 0.411 e. The second-order valence-electron chi connectivity index (χ2n) is 5.47. The Kier molecular flexibility index (Phi) is 2.70. The number of carbonyl (C=O) groups excluding carboxylic acids is 1. The van der Waals surface area contributed by atoms with E-state index < -0.39 is 0 Å². The molecule has 0 aromatic heterocycles. The highest BCUT2D eigenvalue weighted by molar-refractivity contribution is 5.72. The monoisotopic (exact) mass is 283 g/mol. The molecule has 21 heavy (non-hydrogen) atoms. The molecule has 0 N–H and O–H groups in total. The fourth-order valence-corrected chi connectivity index (χ4v) is 3.34. The van der Waals surface area contributed by atoms with Gasteiger partial charge in [-0.15, -0.1) is 0 Å². The van der Waals surface area contributed by atoms with Crippen LogP contribution in [-0.2, 0) is 11.2 Å². The summed E-state index contributed by atoms with van der Waals surface area (Å²) in [4.78, 5) is 13.8. The largest absolute Gasteiger partial charge is 0.447 e. The third kappa shape index (κ3) is 1.90. The Morgan fingerprint density at radius 3 is 2.71 bits per heavy atom. The molecule has 0 bridgehead atoms. The second-order valence-corrected chi connectivity index (χ2v) is 5.47. The molecule has 0 aliphatic carbocycles. The van der Waals surface area contributed by atoms with E-state index in [1.807, 2.05) is 36.4 Å². The maximum Gasteiger partial charge on any atom is 0.411 e. The first-order valence-electron chi connectivity index (χ1n) is 7.02. The third-order valence-corrected chi connectivity index (χ3v) is 4.31. The molecule has 0 unspecified atom stereocenters. The van der Waals surface area contributed by atoms with Crippen molar-refractivity contribution in [3.05, 3.63) is 71.0 Å². The number of cyclic esters (lactones) is 1. The predicted molar refractivity (Wildman–Crippen MR) is 75.2 cm³/mol. The Morgan fingerprint density at radius 2 is 1.90 bits per heavy atom.